The van der Waals surface area contributed by atoms with E-state index < -0.39 is 11.7 Å². The van der Waals surface area contributed by atoms with Gasteiger partial charge in [0.2, 0.25) is 5.89 Å². The lowest BCUT2D eigenvalue weighted by atomic mass is 10.1. The van der Waals surface area contributed by atoms with Crippen molar-refractivity contribution in [3.63, 3.8) is 0 Å². The second-order valence-corrected chi connectivity index (χ2v) is 7.52. The third-order valence-electron chi connectivity index (χ3n) is 5.20. The van der Waals surface area contributed by atoms with Gasteiger partial charge in [0.05, 0.1) is 12.1 Å². The molecule has 5 nitrogen and oxygen atoms in total. The maximum absolute atomic E-state index is 12.9. The third kappa shape index (κ3) is 5.46. The summed E-state index contributed by atoms with van der Waals surface area (Å²) in [6.07, 6.45) is -3.67. The average molecular weight is 416 g/mol. The van der Waals surface area contributed by atoms with E-state index in [1.807, 2.05) is 30.3 Å². The van der Waals surface area contributed by atoms with Crippen LogP contribution in [0.2, 0.25) is 0 Å². The first-order chi connectivity index (χ1) is 14.5. The van der Waals surface area contributed by atoms with Gasteiger partial charge in [-0.15, -0.1) is 0 Å². The van der Waals surface area contributed by atoms with E-state index in [0.717, 1.165) is 37.8 Å². The van der Waals surface area contributed by atoms with Crippen molar-refractivity contribution in [3.05, 3.63) is 83.0 Å². The third-order valence-corrected chi connectivity index (χ3v) is 5.20. The minimum Gasteiger partial charge on any atom is -0.338 e. The molecular formula is C22H23F3N4O. The predicted molar refractivity (Wildman–Crippen MR) is 106 cm³/mol. The Kier molecular flexibility index (Phi) is 6.15. The number of alkyl halides is 3. The van der Waals surface area contributed by atoms with Crippen LogP contribution in [-0.4, -0.2) is 46.1 Å². The summed E-state index contributed by atoms with van der Waals surface area (Å²) < 4.78 is 44.0. The van der Waals surface area contributed by atoms with Crippen molar-refractivity contribution in [2.45, 2.75) is 25.7 Å². The molecule has 0 unspecified atom stereocenters. The van der Waals surface area contributed by atoms with Gasteiger partial charge in [0.15, 0.2) is 5.82 Å². The molecule has 0 saturated carbocycles. The van der Waals surface area contributed by atoms with E-state index in [-0.39, 0.29) is 0 Å². The fourth-order valence-electron chi connectivity index (χ4n) is 3.61. The van der Waals surface area contributed by atoms with Crippen molar-refractivity contribution < 1.29 is 17.7 Å². The van der Waals surface area contributed by atoms with E-state index in [2.05, 4.69) is 19.9 Å². The van der Waals surface area contributed by atoms with Crippen molar-refractivity contribution >= 4 is 0 Å². The van der Waals surface area contributed by atoms with Crippen LogP contribution in [0.4, 0.5) is 13.2 Å². The fraction of sp³-hybridized carbons (Fsp3) is 0.364. The lowest BCUT2D eigenvalue weighted by Crippen LogP contribution is -2.45. The first-order valence-corrected chi connectivity index (χ1v) is 9.92. The number of rotatable bonds is 6. The first-order valence-electron chi connectivity index (χ1n) is 9.92. The zero-order valence-electron chi connectivity index (χ0n) is 16.5. The van der Waals surface area contributed by atoms with Gasteiger partial charge in [-0.05, 0) is 17.2 Å². The summed E-state index contributed by atoms with van der Waals surface area (Å²) in [5.41, 5.74) is 1.22. The molecule has 0 amide bonds. The van der Waals surface area contributed by atoms with E-state index >= 15 is 0 Å². The van der Waals surface area contributed by atoms with Crippen molar-refractivity contribution in [2.75, 3.05) is 26.2 Å². The van der Waals surface area contributed by atoms with Gasteiger partial charge in [-0.1, -0.05) is 53.7 Å². The molecule has 1 aliphatic heterocycles. The number of aromatic nitrogens is 2. The van der Waals surface area contributed by atoms with Crippen LogP contribution in [0.25, 0.3) is 0 Å². The number of benzene rings is 2. The van der Waals surface area contributed by atoms with Crippen LogP contribution in [0.15, 0.2) is 59.1 Å². The van der Waals surface area contributed by atoms with E-state index in [9.17, 15) is 13.2 Å². The highest BCUT2D eigenvalue weighted by atomic mass is 19.4. The van der Waals surface area contributed by atoms with Crippen LogP contribution >= 0.6 is 0 Å². The van der Waals surface area contributed by atoms with Gasteiger partial charge in [-0.2, -0.15) is 18.2 Å². The summed E-state index contributed by atoms with van der Waals surface area (Å²) in [5.74, 6) is 1.26. The van der Waals surface area contributed by atoms with Crippen LogP contribution in [0.3, 0.4) is 0 Å². The molecule has 0 spiro atoms. The second-order valence-electron chi connectivity index (χ2n) is 7.52. The molecule has 0 radical (unpaired) electrons. The highest BCUT2D eigenvalue weighted by Gasteiger charge is 2.30. The molecule has 158 valence electrons. The first kappa shape index (κ1) is 20.6. The largest absolute Gasteiger partial charge is 0.416 e. The second kappa shape index (κ2) is 8.97. The molecule has 8 heteroatoms. The number of piperazine rings is 1. The Morgan fingerprint density at radius 2 is 1.50 bits per heavy atom. The zero-order chi connectivity index (χ0) is 21.0. The Labute approximate surface area is 173 Å². The van der Waals surface area contributed by atoms with Gasteiger partial charge in [-0.25, -0.2) is 0 Å². The van der Waals surface area contributed by atoms with Crippen LogP contribution < -0.4 is 0 Å². The number of nitrogens with zero attached hydrogens (tertiary/aromatic N) is 4. The molecule has 2 heterocycles. The molecule has 4 rings (SSSR count). The Balaban J connectivity index is 1.26. The lowest BCUT2D eigenvalue weighted by molar-refractivity contribution is -0.137. The van der Waals surface area contributed by atoms with Crippen molar-refractivity contribution in [3.8, 4) is 0 Å². The summed E-state index contributed by atoms with van der Waals surface area (Å²) in [4.78, 5) is 8.87. The predicted octanol–water partition coefficient (Wildman–Crippen LogP) is 4.00. The van der Waals surface area contributed by atoms with Gasteiger partial charge in [0, 0.05) is 39.1 Å². The van der Waals surface area contributed by atoms with Crippen LogP contribution in [0.1, 0.15) is 28.4 Å². The normalized spacial score (nSPS) is 16.1. The quantitative estimate of drug-likeness (QED) is 0.608. The van der Waals surface area contributed by atoms with Gasteiger partial charge < -0.3 is 4.52 Å². The highest BCUT2D eigenvalue weighted by molar-refractivity contribution is 5.25. The molecule has 0 aliphatic carbocycles. The number of halogens is 3. The van der Waals surface area contributed by atoms with E-state index in [0.29, 0.717) is 36.8 Å². The van der Waals surface area contributed by atoms with E-state index in [4.69, 9.17) is 4.52 Å². The number of hydrogen-bond acceptors (Lipinski definition) is 5. The Morgan fingerprint density at radius 3 is 2.20 bits per heavy atom. The molecule has 1 aliphatic rings. The molecule has 1 aromatic heterocycles. The van der Waals surface area contributed by atoms with Crippen LogP contribution in [0, 0.1) is 0 Å². The number of hydrogen-bond donors (Lipinski definition) is 0. The molecular weight excluding hydrogens is 393 g/mol. The molecule has 0 bridgehead atoms. The van der Waals surface area contributed by atoms with Crippen LogP contribution in [0.5, 0.6) is 0 Å². The lowest BCUT2D eigenvalue weighted by Gasteiger charge is -2.34. The molecule has 2 aromatic carbocycles. The molecule has 0 atom stereocenters. The van der Waals surface area contributed by atoms with Gasteiger partial charge >= 0.3 is 6.18 Å². The Bertz CT molecular complexity index is 950. The summed E-state index contributed by atoms with van der Waals surface area (Å²) in [6, 6.07) is 15.5. The minimum absolute atomic E-state index is 0.513. The van der Waals surface area contributed by atoms with Crippen molar-refractivity contribution in [1.29, 1.82) is 0 Å². The van der Waals surface area contributed by atoms with Crippen molar-refractivity contribution in [2.24, 2.45) is 0 Å². The summed E-state index contributed by atoms with van der Waals surface area (Å²) in [5, 5.41) is 4.06. The van der Waals surface area contributed by atoms with E-state index in [1.165, 1.54) is 12.1 Å². The maximum atomic E-state index is 12.9. The minimum atomic E-state index is -4.31. The molecule has 1 fully saturated rings. The smallest absolute Gasteiger partial charge is 0.338 e. The standard InChI is InChI=1S/C22H23F3N4O/c23-22(24,25)19-8-4-7-18(13-19)15-28-9-11-29(12-10-28)16-21-26-20(27-30-21)14-17-5-2-1-3-6-17/h1-8,13H,9-12,14-16H2. The van der Waals surface area contributed by atoms with E-state index in [1.54, 1.807) is 6.07 Å². The highest BCUT2D eigenvalue weighted by Crippen LogP contribution is 2.29. The summed E-state index contributed by atoms with van der Waals surface area (Å²) in [6.45, 7) is 4.26. The summed E-state index contributed by atoms with van der Waals surface area (Å²) >= 11 is 0. The van der Waals surface area contributed by atoms with Gasteiger partial charge in [0.25, 0.3) is 0 Å². The van der Waals surface area contributed by atoms with Crippen LogP contribution in [-0.2, 0) is 25.7 Å². The average Bonchev–Trinajstić information content (AvgIpc) is 3.16. The molecule has 1 saturated heterocycles. The SMILES string of the molecule is FC(F)(F)c1cccc(CN2CCN(Cc3nc(Cc4ccccc4)no3)CC2)c1. The topological polar surface area (TPSA) is 45.4 Å². The Hall–Kier alpha value is -2.71. The fourth-order valence-corrected chi connectivity index (χ4v) is 3.61. The van der Waals surface area contributed by atoms with Gasteiger partial charge in [-0.3, -0.25) is 9.80 Å². The van der Waals surface area contributed by atoms with Crippen molar-refractivity contribution in [1.82, 2.24) is 19.9 Å². The summed E-state index contributed by atoms with van der Waals surface area (Å²) in [7, 11) is 0. The maximum Gasteiger partial charge on any atom is 0.416 e. The molecule has 3 aromatic rings. The molecule has 30 heavy (non-hydrogen) atoms. The van der Waals surface area contributed by atoms with Gasteiger partial charge in [0.1, 0.15) is 0 Å². The monoisotopic (exact) mass is 416 g/mol. The molecule has 0 N–H and O–H groups in total. The Morgan fingerprint density at radius 1 is 0.833 bits per heavy atom. The zero-order valence-corrected chi connectivity index (χ0v) is 16.5.